The molecule has 0 aliphatic heterocycles. The number of rotatable bonds is 7. The van der Waals surface area contributed by atoms with Crippen LogP contribution >= 0.6 is 0 Å². The molecular weight excluding hydrogens is 470 g/mol. The van der Waals surface area contributed by atoms with E-state index in [0.29, 0.717) is 40.1 Å². The van der Waals surface area contributed by atoms with E-state index in [1.165, 1.54) is 6.33 Å². The standard InChI is InChI=1S/C25H23N7O3.C2H6/c1-14(24-30-29-15(2)34-24)33-25-20(35-17-9-10-17)11-19-23(28-25)22(27-13-26-19)18-12-32(3)31-21(18)16-7-5-4-6-8-16;1-2/h4-8,11-14,17H,9-10H2,1-3H3;1-2H3. The maximum atomic E-state index is 6.18. The molecule has 0 saturated heterocycles. The lowest BCUT2D eigenvalue weighted by atomic mass is 10.0. The number of nitrogens with zero attached hydrogens (tertiary/aromatic N) is 7. The fraction of sp³-hybridized carbons (Fsp3) is 0.333. The first-order chi connectivity index (χ1) is 18.0. The van der Waals surface area contributed by atoms with Crippen molar-refractivity contribution in [3.05, 3.63) is 60.7 Å². The molecule has 4 heterocycles. The molecule has 0 radical (unpaired) electrons. The number of fused-ring (bicyclic) bond motifs is 1. The van der Waals surface area contributed by atoms with Gasteiger partial charge in [0.2, 0.25) is 5.89 Å². The van der Waals surface area contributed by atoms with Gasteiger partial charge in [0, 0.05) is 37.4 Å². The molecule has 190 valence electrons. The van der Waals surface area contributed by atoms with Crippen molar-refractivity contribution < 1.29 is 13.9 Å². The van der Waals surface area contributed by atoms with Gasteiger partial charge in [-0.3, -0.25) is 4.68 Å². The molecule has 0 amide bonds. The fourth-order valence-electron chi connectivity index (χ4n) is 3.85. The van der Waals surface area contributed by atoms with E-state index in [4.69, 9.17) is 18.9 Å². The highest BCUT2D eigenvalue weighted by Crippen LogP contribution is 2.39. The molecule has 0 bridgehead atoms. The second-order valence-corrected chi connectivity index (χ2v) is 8.55. The first-order valence-corrected chi connectivity index (χ1v) is 12.4. The van der Waals surface area contributed by atoms with Crippen LogP contribution in [0.1, 0.15) is 51.5 Å². The minimum absolute atomic E-state index is 0.155. The first-order valence-electron chi connectivity index (χ1n) is 12.4. The maximum absolute atomic E-state index is 6.18. The number of hydrogen-bond acceptors (Lipinski definition) is 9. The maximum Gasteiger partial charge on any atom is 0.258 e. The van der Waals surface area contributed by atoms with Crippen molar-refractivity contribution in [2.45, 2.75) is 52.7 Å². The molecule has 1 aliphatic rings. The van der Waals surface area contributed by atoms with Gasteiger partial charge in [0.15, 0.2) is 11.9 Å². The van der Waals surface area contributed by atoms with Gasteiger partial charge < -0.3 is 13.9 Å². The van der Waals surface area contributed by atoms with Crippen LogP contribution in [0.5, 0.6) is 11.6 Å². The van der Waals surface area contributed by atoms with Crippen molar-refractivity contribution in [3.8, 4) is 34.1 Å². The lowest BCUT2D eigenvalue weighted by Crippen LogP contribution is -2.08. The van der Waals surface area contributed by atoms with Crippen molar-refractivity contribution >= 4 is 11.0 Å². The third kappa shape index (κ3) is 5.13. The molecule has 0 spiro atoms. The Hall–Kier alpha value is -4.34. The van der Waals surface area contributed by atoms with Gasteiger partial charge in [0.05, 0.1) is 11.6 Å². The van der Waals surface area contributed by atoms with Crippen LogP contribution in [0.25, 0.3) is 33.5 Å². The SMILES string of the molecule is CC.Cc1nnc(C(C)Oc2nc3c(-c4cn(C)nc4-c4ccccc4)ncnc3cc2OC2CC2)o1. The average molecular weight is 500 g/mol. The molecule has 5 aromatic rings. The number of ether oxygens (including phenoxy) is 2. The van der Waals surface area contributed by atoms with Crippen LogP contribution in [0.4, 0.5) is 0 Å². The molecular formula is C27H29N7O3. The Labute approximate surface area is 214 Å². The Morgan fingerprint density at radius 2 is 1.84 bits per heavy atom. The highest BCUT2D eigenvalue weighted by atomic mass is 16.5. The number of hydrogen-bond donors (Lipinski definition) is 0. The molecule has 10 heteroatoms. The summed E-state index contributed by atoms with van der Waals surface area (Å²) in [4.78, 5) is 13.9. The van der Waals surface area contributed by atoms with Crippen molar-refractivity contribution in [1.82, 2.24) is 34.9 Å². The molecule has 1 unspecified atom stereocenters. The molecule has 1 fully saturated rings. The van der Waals surface area contributed by atoms with Crippen LogP contribution in [-0.4, -0.2) is 41.0 Å². The van der Waals surface area contributed by atoms with E-state index < -0.39 is 6.10 Å². The Kier molecular flexibility index (Phi) is 6.80. The number of pyridine rings is 1. The van der Waals surface area contributed by atoms with Crippen LogP contribution in [0.3, 0.4) is 0 Å². The zero-order valence-corrected chi connectivity index (χ0v) is 21.5. The number of aromatic nitrogens is 7. The molecule has 10 nitrogen and oxygen atoms in total. The number of aryl methyl sites for hydroxylation is 2. The second kappa shape index (κ2) is 10.3. The topological polar surface area (TPSA) is 114 Å². The molecule has 1 saturated carbocycles. The van der Waals surface area contributed by atoms with Crippen LogP contribution in [0.2, 0.25) is 0 Å². The van der Waals surface area contributed by atoms with Crippen LogP contribution < -0.4 is 9.47 Å². The Balaban J connectivity index is 0.00000137. The van der Waals surface area contributed by atoms with Gasteiger partial charge in [-0.25, -0.2) is 15.0 Å². The van der Waals surface area contributed by atoms with Gasteiger partial charge in [-0.1, -0.05) is 44.2 Å². The summed E-state index contributed by atoms with van der Waals surface area (Å²) in [5.41, 5.74) is 4.55. The van der Waals surface area contributed by atoms with Crippen molar-refractivity contribution in [1.29, 1.82) is 0 Å². The summed E-state index contributed by atoms with van der Waals surface area (Å²) in [7, 11) is 1.89. The molecule has 6 rings (SSSR count). The zero-order valence-electron chi connectivity index (χ0n) is 21.5. The van der Waals surface area contributed by atoms with Crippen LogP contribution in [0, 0.1) is 6.92 Å². The summed E-state index contributed by atoms with van der Waals surface area (Å²) in [5, 5.41) is 12.7. The third-order valence-electron chi connectivity index (χ3n) is 5.67. The molecule has 4 aromatic heterocycles. The van der Waals surface area contributed by atoms with Gasteiger partial charge in [0.1, 0.15) is 23.2 Å². The van der Waals surface area contributed by atoms with Crippen LogP contribution in [0.15, 0.2) is 53.3 Å². The minimum atomic E-state index is -0.519. The van der Waals surface area contributed by atoms with E-state index in [2.05, 4.69) is 25.3 Å². The highest BCUT2D eigenvalue weighted by molar-refractivity contribution is 5.94. The summed E-state index contributed by atoms with van der Waals surface area (Å²) >= 11 is 0. The summed E-state index contributed by atoms with van der Waals surface area (Å²) in [6.45, 7) is 7.57. The Bertz CT molecular complexity index is 1510. The van der Waals surface area contributed by atoms with E-state index in [9.17, 15) is 0 Å². The van der Waals surface area contributed by atoms with Crippen molar-refractivity contribution in [2.24, 2.45) is 7.05 Å². The van der Waals surface area contributed by atoms with Gasteiger partial charge in [-0.2, -0.15) is 5.10 Å². The molecule has 1 aliphatic carbocycles. The van der Waals surface area contributed by atoms with Crippen molar-refractivity contribution in [3.63, 3.8) is 0 Å². The first kappa shape index (κ1) is 24.4. The van der Waals surface area contributed by atoms with E-state index >= 15 is 0 Å². The summed E-state index contributed by atoms with van der Waals surface area (Å²) < 4.78 is 19.6. The summed E-state index contributed by atoms with van der Waals surface area (Å²) in [5.74, 6) is 1.69. The molecule has 37 heavy (non-hydrogen) atoms. The molecule has 1 aromatic carbocycles. The van der Waals surface area contributed by atoms with Crippen molar-refractivity contribution in [2.75, 3.05) is 0 Å². The Morgan fingerprint density at radius 1 is 1.05 bits per heavy atom. The zero-order chi connectivity index (χ0) is 25.9. The smallest absolute Gasteiger partial charge is 0.258 e. The fourth-order valence-corrected chi connectivity index (χ4v) is 3.85. The van der Waals surface area contributed by atoms with Crippen LogP contribution in [-0.2, 0) is 7.05 Å². The largest absolute Gasteiger partial charge is 0.485 e. The second-order valence-electron chi connectivity index (χ2n) is 8.55. The molecule has 0 N–H and O–H groups in total. The predicted molar refractivity (Wildman–Crippen MR) is 138 cm³/mol. The quantitative estimate of drug-likeness (QED) is 0.287. The van der Waals surface area contributed by atoms with Gasteiger partial charge >= 0.3 is 0 Å². The van der Waals surface area contributed by atoms with Gasteiger partial charge in [-0.15, -0.1) is 10.2 Å². The minimum Gasteiger partial charge on any atom is -0.485 e. The monoisotopic (exact) mass is 499 g/mol. The normalized spacial score (nSPS) is 13.6. The van der Waals surface area contributed by atoms with E-state index in [0.717, 1.165) is 29.7 Å². The predicted octanol–water partition coefficient (Wildman–Crippen LogP) is 5.49. The van der Waals surface area contributed by atoms with E-state index in [1.807, 2.05) is 70.4 Å². The van der Waals surface area contributed by atoms with E-state index in [-0.39, 0.29) is 6.10 Å². The third-order valence-corrected chi connectivity index (χ3v) is 5.67. The van der Waals surface area contributed by atoms with Gasteiger partial charge in [-0.05, 0) is 19.8 Å². The van der Waals surface area contributed by atoms with E-state index in [1.54, 1.807) is 11.6 Å². The lowest BCUT2D eigenvalue weighted by molar-refractivity contribution is 0.167. The highest BCUT2D eigenvalue weighted by Gasteiger charge is 2.28. The summed E-state index contributed by atoms with van der Waals surface area (Å²) in [6, 6.07) is 11.8. The Morgan fingerprint density at radius 3 is 2.54 bits per heavy atom. The number of benzene rings is 1. The molecule has 1 atom stereocenters. The average Bonchev–Trinajstić information content (AvgIpc) is 3.49. The van der Waals surface area contributed by atoms with Gasteiger partial charge in [0.25, 0.3) is 11.8 Å². The summed E-state index contributed by atoms with van der Waals surface area (Å²) in [6.07, 6.45) is 5.11. The lowest BCUT2D eigenvalue weighted by Gasteiger charge is -2.16.